The molecule has 1 aliphatic heterocycles. The number of pyridine rings is 1. The van der Waals surface area contributed by atoms with Crippen LogP contribution in [0.3, 0.4) is 0 Å². The van der Waals surface area contributed by atoms with Crippen LogP contribution in [0.1, 0.15) is 29.8 Å². The zero-order valence-electron chi connectivity index (χ0n) is 18.7. The lowest BCUT2D eigenvalue weighted by atomic mass is 10.1. The minimum absolute atomic E-state index is 0.300. The predicted octanol–water partition coefficient (Wildman–Crippen LogP) is 3.63. The third kappa shape index (κ3) is 3.74. The highest BCUT2D eigenvalue weighted by Crippen LogP contribution is 2.28. The van der Waals surface area contributed by atoms with Gasteiger partial charge in [-0.2, -0.15) is 4.68 Å². The summed E-state index contributed by atoms with van der Waals surface area (Å²) in [6.07, 6.45) is 1.06. The van der Waals surface area contributed by atoms with E-state index in [-0.39, 0.29) is 0 Å². The van der Waals surface area contributed by atoms with Gasteiger partial charge in [0.15, 0.2) is 5.65 Å². The molecule has 5 rings (SSSR count). The molecule has 32 heavy (non-hydrogen) atoms. The molecule has 1 N–H and O–H groups in total. The molecule has 7 heteroatoms. The van der Waals surface area contributed by atoms with Gasteiger partial charge in [0.25, 0.3) is 0 Å². The Hall–Kier alpha value is -3.29. The van der Waals surface area contributed by atoms with E-state index in [1.807, 2.05) is 37.3 Å². The molecule has 3 heterocycles. The summed E-state index contributed by atoms with van der Waals surface area (Å²) in [5, 5.41) is 19.8. The second-order valence-corrected chi connectivity index (χ2v) is 8.64. The van der Waals surface area contributed by atoms with Crippen molar-refractivity contribution in [2.24, 2.45) is 0 Å². The van der Waals surface area contributed by atoms with Crippen molar-refractivity contribution in [1.82, 2.24) is 24.9 Å². The number of aliphatic hydroxyl groups excluding tert-OH is 1. The van der Waals surface area contributed by atoms with Crippen molar-refractivity contribution in [3.8, 4) is 5.69 Å². The van der Waals surface area contributed by atoms with Gasteiger partial charge in [-0.3, -0.25) is 4.90 Å². The molecule has 4 aromatic rings. The van der Waals surface area contributed by atoms with E-state index in [0.29, 0.717) is 11.7 Å². The minimum Gasteiger partial charge on any atom is -0.374 e. The van der Waals surface area contributed by atoms with Crippen molar-refractivity contribution < 1.29 is 5.11 Å². The Morgan fingerprint density at radius 3 is 2.72 bits per heavy atom. The third-order valence-corrected chi connectivity index (χ3v) is 6.31. The first-order valence-electron chi connectivity index (χ1n) is 11.0. The maximum Gasteiger partial charge on any atom is 0.183 e. The molecular formula is C25H28N6O. The topological polar surface area (TPSA) is 70.3 Å². The van der Waals surface area contributed by atoms with E-state index < -0.39 is 6.23 Å². The van der Waals surface area contributed by atoms with Gasteiger partial charge in [-0.1, -0.05) is 29.5 Å². The molecule has 164 valence electrons. The smallest absolute Gasteiger partial charge is 0.183 e. The minimum atomic E-state index is -0.681. The molecule has 7 nitrogen and oxygen atoms in total. The Labute approximate surface area is 187 Å². The quantitative estimate of drug-likeness (QED) is 0.535. The molecule has 2 aromatic carbocycles. The number of hydrogen-bond donors (Lipinski definition) is 1. The van der Waals surface area contributed by atoms with Gasteiger partial charge in [-0.05, 0) is 67.8 Å². The summed E-state index contributed by atoms with van der Waals surface area (Å²) in [6.45, 7) is 8.82. The van der Waals surface area contributed by atoms with E-state index >= 15 is 0 Å². The van der Waals surface area contributed by atoms with E-state index in [1.165, 1.54) is 11.3 Å². The van der Waals surface area contributed by atoms with Crippen LogP contribution >= 0.6 is 0 Å². The third-order valence-electron chi connectivity index (χ3n) is 6.31. The van der Waals surface area contributed by atoms with Crippen molar-refractivity contribution in [3.05, 3.63) is 77.5 Å². The normalized spacial score (nSPS) is 18.2. The molecule has 2 unspecified atom stereocenters. The number of rotatable bonds is 4. The van der Waals surface area contributed by atoms with Crippen LogP contribution in [0.4, 0.5) is 5.69 Å². The van der Waals surface area contributed by atoms with Crippen LogP contribution in [-0.4, -0.2) is 55.7 Å². The molecular weight excluding hydrogens is 400 g/mol. The maximum absolute atomic E-state index is 11.2. The van der Waals surface area contributed by atoms with Crippen LogP contribution in [0.5, 0.6) is 0 Å². The van der Waals surface area contributed by atoms with Gasteiger partial charge in [0, 0.05) is 37.6 Å². The Balaban J connectivity index is 1.38. The van der Waals surface area contributed by atoms with Crippen molar-refractivity contribution in [1.29, 1.82) is 0 Å². The van der Waals surface area contributed by atoms with Crippen molar-refractivity contribution >= 4 is 16.9 Å². The summed E-state index contributed by atoms with van der Waals surface area (Å²) in [5.41, 5.74) is 6.75. The van der Waals surface area contributed by atoms with Crippen LogP contribution < -0.4 is 4.90 Å². The highest BCUT2D eigenvalue weighted by atomic mass is 16.3. The largest absolute Gasteiger partial charge is 0.374 e. The molecule has 0 radical (unpaired) electrons. The first kappa shape index (κ1) is 20.6. The molecule has 0 spiro atoms. The Bertz CT molecular complexity index is 1250. The number of fused-ring (bicyclic) bond motifs is 1. The van der Waals surface area contributed by atoms with E-state index in [2.05, 4.69) is 63.2 Å². The zero-order chi connectivity index (χ0) is 22.2. The van der Waals surface area contributed by atoms with Gasteiger partial charge in [-0.25, -0.2) is 4.98 Å². The van der Waals surface area contributed by atoms with Gasteiger partial charge < -0.3 is 10.0 Å². The molecule has 0 amide bonds. The number of aromatic nitrogens is 4. The summed E-state index contributed by atoms with van der Waals surface area (Å²) in [4.78, 5) is 9.00. The average Bonchev–Trinajstić information content (AvgIpc) is 3.23. The summed E-state index contributed by atoms with van der Waals surface area (Å²) >= 11 is 0. The van der Waals surface area contributed by atoms with Gasteiger partial charge in [0.05, 0.1) is 5.69 Å². The van der Waals surface area contributed by atoms with Crippen LogP contribution in [0, 0.1) is 13.8 Å². The lowest BCUT2D eigenvalue weighted by Gasteiger charge is -2.43. The number of hydrogen-bond acceptors (Lipinski definition) is 6. The monoisotopic (exact) mass is 428 g/mol. The SMILES string of the molecule is Cc1cccc(N2CCN(C(O)c3ccc(C)c(-n4nnc5cccnc54)c3)CC2C)c1. The molecule has 0 saturated carbocycles. The Kier molecular flexibility index (Phi) is 5.36. The van der Waals surface area contributed by atoms with Gasteiger partial charge >= 0.3 is 0 Å². The molecule has 2 aromatic heterocycles. The number of aryl methyl sites for hydroxylation is 2. The van der Waals surface area contributed by atoms with Crippen molar-refractivity contribution in [2.75, 3.05) is 24.5 Å². The molecule has 1 aliphatic rings. The molecule has 1 fully saturated rings. The molecule has 0 aliphatic carbocycles. The fourth-order valence-electron chi connectivity index (χ4n) is 4.55. The number of piperazine rings is 1. The Morgan fingerprint density at radius 2 is 1.91 bits per heavy atom. The zero-order valence-corrected chi connectivity index (χ0v) is 18.7. The summed E-state index contributed by atoms with van der Waals surface area (Å²) in [6, 6.07) is 18.7. The van der Waals surface area contributed by atoms with Gasteiger partial charge in [-0.15, -0.1) is 5.10 Å². The van der Waals surface area contributed by atoms with Crippen molar-refractivity contribution in [3.63, 3.8) is 0 Å². The second-order valence-electron chi connectivity index (χ2n) is 8.64. The van der Waals surface area contributed by atoms with E-state index in [1.54, 1.807) is 10.9 Å². The van der Waals surface area contributed by atoms with Crippen LogP contribution in [0.2, 0.25) is 0 Å². The fourth-order valence-corrected chi connectivity index (χ4v) is 4.55. The van der Waals surface area contributed by atoms with E-state index in [0.717, 1.165) is 42.0 Å². The van der Waals surface area contributed by atoms with E-state index in [4.69, 9.17) is 0 Å². The van der Waals surface area contributed by atoms with Crippen LogP contribution in [-0.2, 0) is 0 Å². The standard InChI is InChI=1S/C25H28N6O/c1-17-6-4-7-21(14-17)30-13-12-29(16-19(30)3)25(32)20-10-9-18(2)23(15-20)31-24-22(27-28-31)8-5-11-26-24/h4-11,14-15,19,25,32H,12-13,16H2,1-3H3. The fraction of sp³-hybridized carbons (Fsp3) is 0.320. The predicted molar refractivity (Wildman–Crippen MR) is 126 cm³/mol. The summed E-state index contributed by atoms with van der Waals surface area (Å²) in [5.74, 6) is 0. The number of anilines is 1. The van der Waals surface area contributed by atoms with Crippen LogP contribution in [0.15, 0.2) is 60.8 Å². The number of aliphatic hydroxyl groups is 1. The summed E-state index contributed by atoms with van der Waals surface area (Å²) < 4.78 is 1.75. The van der Waals surface area contributed by atoms with Gasteiger partial charge in [0.2, 0.25) is 0 Å². The molecule has 1 saturated heterocycles. The molecule has 0 bridgehead atoms. The first-order chi connectivity index (χ1) is 15.5. The number of nitrogens with zero attached hydrogens (tertiary/aromatic N) is 6. The summed E-state index contributed by atoms with van der Waals surface area (Å²) in [7, 11) is 0. The lowest BCUT2D eigenvalue weighted by Crippen LogP contribution is -2.53. The van der Waals surface area contributed by atoms with Crippen LogP contribution in [0.25, 0.3) is 16.9 Å². The van der Waals surface area contributed by atoms with Crippen molar-refractivity contribution in [2.45, 2.75) is 33.0 Å². The molecule has 2 atom stereocenters. The first-order valence-corrected chi connectivity index (χ1v) is 11.0. The average molecular weight is 429 g/mol. The lowest BCUT2D eigenvalue weighted by molar-refractivity contribution is -0.00866. The highest BCUT2D eigenvalue weighted by molar-refractivity contribution is 5.71. The Morgan fingerprint density at radius 1 is 1.03 bits per heavy atom. The maximum atomic E-state index is 11.2. The second kappa shape index (κ2) is 8.33. The van der Waals surface area contributed by atoms with E-state index in [9.17, 15) is 5.11 Å². The van der Waals surface area contributed by atoms with Gasteiger partial charge in [0.1, 0.15) is 11.7 Å². The number of benzene rings is 2. The highest BCUT2D eigenvalue weighted by Gasteiger charge is 2.29.